The number of esters is 1. The third-order valence-electron chi connectivity index (χ3n) is 4.05. The van der Waals surface area contributed by atoms with Gasteiger partial charge >= 0.3 is 5.97 Å². The lowest BCUT2D eigenvalue weighted by Gasteiger charge is -2.21. The molecular formula is C20H21NO7. The van der Waals surface area contributed by atoms with Crippen molar-refractivity contribution >= 4 is 17.6 Å². The van der Waals surface area contributed by atoms with Crippen LogP contribution in [-0.4, -0.2) is 45.4 Å². The summed E-state index contributed by atoms with van der Waals surface area (Å²) >= 11 is 0. The fourth-order valence-corrected chi connectivity index (χ4v) is 2.62. The van der Waals surface area contributed by atoms with Crippen LogP contribution in [0.25, 0.3) is 0 Å². The summed E-state index contributed by atoms with van der Waals surface area (Å²) in [5, 5.41) is 2.68. The molecule has 2 aromatic carbocycles. The summed E-state index contributed by atoms with van der Waals surface area (Å²) in [6.45, 7) is 2.26. The largest absolute Gasteiger partial charge is 0.497 e. The van der Waals surface area contributed by atoms with Gasteiger partial charge in [0.05, 0.1) is 19.8 Å². The molecule has 28 heavy (non-hydrogen) atoms. The maximum atomic E-state index is 12.5. The Morgan fingerprint density at radius 1 is 1.07 bits per heavy atom. The van der Waals surface area contributed by atoms with Crippen molar-refractivity contribution in [1.82, 2.24) is 0 Å². The maximum absolute atomic E-state index is 12.5. The first kappa shape index (κ1) is 19.3. The molecule has 1 aliphatic rings. The number of carbonyl (C=O) groups excluding carboxylic acids is 2. The number of rotatable bonds is 6. The van der Waals surface area contributed by atoms with Gasteiger partial charge in [-0.05, 0) is 31.2 Å². The molecule has 0 radical (unpaired) electrons. The number of hydrogen-bond donors (Lipinski definition) is 1. The van der Waals surface area contributed by atoms with Crippen LogP contribution in [0.5, 0.6) is 23.0 Å². The Bertz CT molecular complexity index is 864. The molecule has 0 bridgehead atoms. The average Bonchev–Trinajstić information content (AvgIpc) is 2.72. The molecule has 0 saturated carbocycles. The molecule has 1 N–H and O–H groups in total. The van der Waals surface area contributed by atoms with Gasteiger partial charge in [-0.25, -0.2) is 4.79 Å². The van der Waals surface area contributed by atoms with Crippen molar-refractivity contribution < 1.29 is 33.3 Å². The van der Waals surface area contributed by atoms with Crippen LogP contribution in [0.4, 0.5) is 5.69 Å². The highest BCUT2D eigenvalue weighted by Crippen LogP contribution is 2.40. The van der Waals surface area contributed by atoms with E-state index in [0.29, 0.717) is 41.9 Å². The van der Waals surface area contributed by atoms with Crippen molar-refractivity contribution in [2.75, 3.05) is 32.8 Å². The molecule has 2 aromatic rings. The molecule has 0 fully saturated rings. The first-order valence-corrected chi connectivity index (χ1v) is 8.65. The van der Waals surface area contributed by atoms with Gasteiger partial charge in [0.2, 0.25) is 5.75 Å². The van der Waals surface area contributed by atoms with Gasteiger partial charge in [-0.15, -0.1) is 0 Å². The third-order valence-corrected chi connectivity index (χ3v) is 4.05. The fraction of sp³-hybridized carbons (Fsp3) is 0.300. The second-order valence-corrected chi connectivity index (χ2v) is 5.97. The van der Waals surface area contributed by atoms with Crippen LogP contribution in [0.3, 0.4) is 0 Å². The number of nitrogens with one attached hydrogen (secondary N) is 1. The number of ether oxygens (including phenoxy) is 5. The van der Waals surface area contributed by atoms with E-state index in [1.807, 2.05) is 0 Å². The molecule has 8 heteroatoms. The minimum atomic E-state index is -1.02. The Hall–Kier alpha value is -3.42. The summed E-state index contributed by atoms with van der Waals surface area (Å²) in [6, 6.07) is 9.87. The maximum Gasteiger partial charge on any atom is 0.339 e. The number of benzene rings is 2. The van der Waals surface area contributed by atoms with E-state index in [4.69, 9.17) is 23.7 Å². The summed E-state index contributed by atoms with van der Waals surface area (Å²) in [5.74, 6) is 0.651. The quantitative estimate of drug-likeness (QED) is 0.762. The topological polar surface area (TPSA) is 92.3 Å². The van der Waals surface area contributed by atoms with Crippen molar-refractivity contribution in [3.05, 3.63) is 42.0 Å². The van der Waals surface area contributed by atoms with Crippen molar-refractivity contribution in [3.8, 4) is 23.0 Å². The van der Waals surface area contributed by atoms with E-state index in [1.165, 1.54) is 33.3 Å². The van der Waals surface area contributed by atoms with Gasteiger partial charge in [-0.2, -0.15) is 0 Å². The number of anilines is 1. The van der Waals surface area contributed by atoms with Gasteiger partial charge < -0.3 is 29.0 Å². The SMILES string of the molecule is COc1cccc(NC(=O)[C@H](C)OC(=O)c2cc(OC)c3c(c2)OCCO3)c1. The first-order chi connectivity index (χ1) is 13.5. The highest BCUT2D eigenvalue weighted by atomic mass is 16.6. The van der Waals surface area contributed by atoms with Gasteiger partial charge in [-0.3, -0.25) is 4.79 Å². The van der Waals surface area contributed by atoms with E-state index in [2.05, 4.69) is 5.32 Å². The van der Waals surface area contributed by atoms with E-state index in [0.717, 1.165) is 0 Å². The standard InChI is InChI=1S/C20H21NO7/c1-12(19(22)21-14-5-4-6-15(11-14)24-2)28-20(23)13-9-16(25-3)18-17(10-13)26-7-8-27-18/h4-6,9-12H,7-8H2,1-3H3,(H,21,22)/t12-/m0/s1. The van der Waals surface area contributed by atoms with Crippen molar-refractivity contribution in [2.24, 2.45) is 0 Å². The summed E-state index contributed by atoms with van der Waals surface area (Å²) in [4.78, 5) is 24.8. The van der Waals surface area contributed by atoms with Crippen LogP contribution in [0, 0.1) is 0 Å². The highest BCUT2D eigenvalue weighted by Gasteiger charge is 2.24. The zero-order valence-electron chi connectivity index (χ0n) is 15.8. The summed E-state index contributed by atoms with van der Waals surface area (Å²) in [7, 11) is 3.00. The van der Waals surface area contributed by atoms with Crippen LogP contribution >= 0.6 is 0 Å². The highest BCUT2D eigenvalue weighted by molar-refractivity contribution is 5.98. The van der Waals surface area contributed by atoms with Gasteiger partial charge in [0.25, 0.3) is 5.91 Å². The predicted octanol–water partition coefficient (Wildman–Crippen LogP) is 2.66. The van der Waals surface area contributed by atoms with Gasteiger partial charge in [0.1, 0.15) is 19.0 Å². The molecule has 1 atom stereocenters. The normalized spacial score (nSPS) is 13.2. The number of carbonyl (C=O) groups is 2. The lowest BCUT2D eigenvalue weighted by atomic mass is 10.1. The summed E-state index contributed by atoms with van der Waals surface area (Å²) in [5.41, 5.74) is 0.732. The zero-order valence-corrected chi connectivity index (χ0v) is 15.8. The van der Waals surface area contributed by atoms with Crippen molar-refractivity contribution in [2.45, 2.75) is 13.0 Å². The van der Waals surface area contributed by atoms with E-state index >= 15 is 0 Å². The van der Waals surface area contributed by atoms with Crippen LogP contribution in [0.15, 0.2) is 36.4 Å². The first-order valence-electron chi connectivity index (χ1n) is 8.65. The second-order valence-electron chi connectivity index (χ2n) is 5.97. The summed E-state index contributed by atoms with van der Waals surface area (Å²) < 4.78 is 26.7. The van der Waals surface area contributed by atoms with Crippen LogP contribution in [0.2, 0.25) is 0 Å². The molecule has 1 aliphatic heterocycles. The number of amides is 1. The summed E-state index contributed by atoms with van der Waals surface area (Å²) in [6.07, 6.45) is -1.02. The molecule has 0 aliphatic carbocycles. The number of hydrogen-bond acceptors (Lipinski definition) is 7. The molecule has 0 aromatic heterocycles. The Morgan fingerprint density at radius 2 is 1.86 bits per heavy atom. The number of methoxy groups -OCH3 is 2. The number of fused-ring (bicyclic) bond motifs is 1. The van der Waals surface area contributed by atoms with E-state index in [-0.39, 0.29) is 5.56 Å². The Kier molecular flexibility index (Phi) is 5.88. The van der Waals surface area contributed by atoms with E-state index in [1.54, 1.807) is 24.3 Å². The average molecular weight is 387 g/mol. The minimum absolute atomic E-state index is 0.196. The minimum Gasteiger partial charge on any atom is -0.497 e. The molecule has 0 spiro atoms. The van der Waals surface area contributed by atoms with E-state index in [9.17, 15) is 9.59 Å². The zero-order chi connectivity index (χ0) is 20.1. The molecule has 1 amide bonds. The Morgan fingerprint density at radius 3 is 2.61 bits per heavy atom. The van der Waals surface area contributed by atoms with Gasteiger partial charge in [0.15, 0.2) is 17.6 Å². The van der Waals surface area contributed by atoms with Crippen LogP contribution < -0.4 is 24.3 Å². The van der Waals surface area contributed by atoms with Gasteiger partial charge in [-0.1, -0.05) is 6.07 Å². The van der Waals surface area contributed by atoms with Crippen LogP contribution in [0.1, 0.15) is 17.3 Å². The molecule has 148 valence electrons. The molecular weight excluding hydrogens is 366 g/mol. The van der Waals surface area contributed by atoms with Crippen molar-refractivity contribution in [3.63, 3.8) is 0 Å². The Balaban J connectivity index is 1.69. The van der Waals surface area contributed by atoms with Gasteiger partial charge in [0, 0.05) is 11.8 Å². The van der Waals surface area contributed by atoms with Crippen LogP contribution in [-0.2, 0) is 9.53 Å². The molecule has 0 saturated heterocycles. The Labute approximate surface area is 162 Å². The molecule has 8 nitrogen and oxygen atoms in total. The van der Waals surface area contributed by atoms with Crippen molar-refractivity contribution in [1.29, 1.82) is 0 Å². The lowest BCUT2D eigenvalue weighted by Crippen LogP contribution is -2.30. The monoisotopic (exact) mass is 387 g/mol. The molecule has 3 rings (SSSR count). The second kappa shape index (κ2) is 8.51. The predicted molar refractivity (Wildman–Crippen MR) is 100 cm³/mol. The molecule has 1 heterocycles. The third kappa shape index (κ3) is 4.28. The molecule has 0 unspecified atom stereocenters. The van der Waals surface area contributed by atoms with E-state index < -0.39 is 18.0 Å². The smallest absolute Gasteiger partial charge is 0.339 e. The lowest BCUT2D eigenvalue weighted by molar-refractivity contribution is -0.123. The fourth-order valence-electron chi connectivity index (χ4n) is 2.62.